The van der Waals surface area contributed by atoms with Crippen LogP contribution in [-0.2, 0) is 47.5 Å². The molecule has 0 N–H and O–H groups in total. The zero-order chi connectivity index (χ0) is 103. The fraction of sp³-hybridized carbons (Fsp3) is 0.748. The Kier molecular flexibility index (Phi) is 42.9. The molecule has 21 heteroatoms. The van der Waals surface area contributed by atoms with Crippen LogP contribution in [0.1, 0.15) is 332 Å². The van der Waals surface area contributed by atoms with Crippen LogP contribution in [0, 0.1) is 147 Å². The largest absolute Gasteiger partial charge is 0.522 e. The van der Waals surface area contributed by atoms with Gasteiger partial charge in [0, 0.05) is 75.6 Å². The molecule has 0 spiro atoms. The van der Waals surface area contributed by atoms with Crippen LogP contribution in [0.2, 0.25) is 0 Å². The average Bonchev–Trinajstić information content (AvgIpc) is 0.821. The van der Waals surface area contributed by atoms with Crippen LogP contribution in [0.5, 0.6) is 0 Å². The van der Waals surface area contributed by atoms with Gasteiger partial charge in [0.25, 0.3) is 11.4 Å². The van der Waals surface area contributed by atoms with Crippen molar-refractivity contribution >= 4 is 11.9 Å². The Morgan fingerprint density at radius 1 is 0.368 bits per heavy atom. The number of rotatable bonds is 39. The maximum atomic E-state index is 15.3. The minimum atomic E-state index is -0.467. The van der Waals surface area contributed by atoms with Gasteiger partial charge < -0.3 is 57.5 Å². The van der Waals surface area contributed by atoms with E-state index in [0.29, 0.717) is 138 Å². The molecule has 0 aliphatic heterocycles. The molecule has 786 valence electrons. The van der Waals surface area contributed by atoms with Gasteiger partial charge in [0.2, 0.25) is 0 Å². The lowest BCUT2D eigenvalue weighted by molar-refractivity contribution is -0.170. The topological polar surface area (TPSA) is 210 Å². The van der Waals surface area contributed by atoms with Gasteiger partial charge in [-0.1, -0.05) is 148 Å². The molecule has 13 atom stereocenters. The van der Waals surface area contributed by atoms with E-state index in [9.17, 15) is 20.6 Å². The highest BCUT2D eigenvalue weighted by atomic mass is 16.6. The fourth-order valence-electron chi connectivity index (χ4n) is 27.3. The first-order valence-corrected chi connectivity index (χ1v) is 56.4. The van der Waals surface area contributed by atoms with Crippen molar-refractivity contribution in [2.24, 2.45) is 86.8 Å². The molecular formula is C123H179N11O10. The van der Waals surface area contributed by atoms with E-state index in [1.807, 2.05) is 0 Å². The number of nitrogens with zero attached hydrogens (tertiary/aromatic N) is 11. The molecule has 0 aromatic heterocycles. The summed E-state index contributed by atoms with van der Waals surface area (Å²) < 4.78 is 55.9. The number of likely N-dealkylation sites (N-methyl/N-ethyl adjacent to an activating group) is 4. The van der Waals surface area contributed by atoms with Gasteiger partial charge in [-0.2, -0.15) is 15.0 Å². The number of nitriles is 3. The molecule has 0 amide bonds. The Bertz CT molecular complexity index is 4720. The number of hydrogen-bond donors (Lipinski definition) is 0. The Morgan fingerprint density at radius 3 is 1.05 bits per heavy atom. The summed E-state index contributed by atoms with van der Waals surface area (Å²) in [6.07, 6.45) is 64.7. The highest BCUT2D eigenvalue weighted by molar-refractivity contribution is 5.74. The third-order valence-corrected chi connectivity index (χ3v) is 35.2. The average molecular weight is 1970 g/mol. The summed E-state index contributed by atoms with van der Waals surface area (Å²) in [5, 5.41) is 29.1. The number of allylic oxidation sites excluding steroid dienone is 21. The predicted octanol–water partition coefficient (Wildman–Crippen LogP) is 26.3. The lowest BCUT2D eigenvalue weighted by atomic mass is 9.72. The van der Waals surface area contributed by atoms with Crippen LogP contribution < -0.4 is 0 Å². The Hall–Kier alpha value is -7.89. The lowest BCUT2D eigenvalue weighted by Crippen LogP contribution is -2.43. The first-order chi connectivity index (χ1) is 69.0. The number of carbonyl (C=O) groups is 2. The van der Waals surface area contributed by atoms with Crippen molar-refractivity contribution in [1.29, 1.82) is 15.8 Å². The third kappa shape index (κ3) is 35.4. The van der Waals surface area contributed by atoms with E-state index in [2.05, 4.69) is 228 Å². The molecule has 13 aliphatic carbocycles. The van der Waals surface area contributed by atoms with Crippen molar-refractivity contribution in [3.63, 3.8) is 0 Å². The molecule has 0 heterocycles. The van der Waals surface area contributed by atoms with E-state index in [1.165, 1.54) is 35.1 Å². The van der Waals surface area contributed by atoms with Gasteiger partial charge in [-0.3, -0.25) is 9.59 Å². The molecule has 9 saturated carbocycles. The van der Waals surface area contributed by atoms with Gasteiger partial charge in [0.15, 0.2) is 0 Å². The smallest absolute Gasteiger partial charge is 0.462 e. The number of carbonyl (C=O) groups excluding carboxylic acids is 2. The number of ether oxygens (including phenoxy) is 8. The molecule has 144 heavy (non-hydrogen) atoms. The Balaban J connectivity index is 0.670. The summed E-state index contributed by atoms with van der Waals surface area (Å²) in [6, 6.07) is 8.59. The number of esters is 2. The normalized spacial score (nSPS) is 33.9. The molecule has 0 radical (unpaired) electrons. The highest BCUT2D eigenvalue weighted by Gasteiger charge is 2.44. The summed E-state index contributed by atoms with van der Waals surface area (Å²) in [5.41, 5.74) is 8.14. The monoisotopic (exact) mass is 1970 g/mol. The minimum Gasteiger partial charge on any atom is -0.462 e. The van der Waals surface area contributed by atoms with Crippen LogP contribution in [0.4, 0.5) is 0 Å². The molecule has 0 aromatic carbocycles. The zero-order valence-electron chi connectivity index (χ0n) is 90.8. The third-order valence-electron chi connectivity index (χ3n) is 35.2. The minimum absolute atomic E-state index is 0.00898. The summed E-state index contributed by atoms with van der Waals surface area (Å²) in [4.78, 5) is 53.7. The summed E-state index contributed by atoms with van der Waals surface area (Å²) in [5.74, 6) is 2.51. The van der Waals surface area contributed by atoms with Crippen LogP contribution in [-0.4, -0.2) is 199 Å². The van der Waals surface area contributed by atoms with Crippen molar-refractivity contribution < 1.29 is 47.5 Å². The van der Waals surface area contributed by atoms with Gasteiger partial charge >= 0.3 is 17.8 Å². The van der Waals surface area contributed by atoms with Gasteiger partial charge in [-0.15, -0.1) is 0 Å². The molecule has 13 unspecified atom stereocenters. The van der Waals surface area contributed by atoms with E-state index in [4.69, 9.17) is 64.2 Å². The van der Waals surface area contributed by atoms with Crippen molar-refractivity contribution in [3.05, 3.63) is 175 Å². The summed E-state index contributed by atoms with van der Waals surface area (Å²) in [7, 11) is 9.08. The quantitative estimate of drug-likeness (QED) is 0.0318. The second-order valence-electron chi connectivity index (χ2n) is 50.3. The van der Waals surface area contributed by atoms with E-state index >= 15 is 4.79 Å². The first kappa shape index (κ1) is 113. The van der Waals surface area contributed by atoms with Gasteiger partial charge in [0.05, 0.1) is 106 Å². The summed E-state index contributed by atoms with van der Waals surface area (Å²) in [6.45, 7) is 60.0. The zero-order valence-corrected chi connectivity index (χ0v) is 90.8. The molecule has 13 aliphatic rings. The maximum absolute atomic E-state index is 15.3. The highest BCUT2D eigenvalue weighted by Crippen LogP contribution is 2.48. The predicted molar refractivity (Wildman–Crippen MR) is 571 cm³/mol. The molecule has 0 saturated heterocycles. The van der Waals surface area contributed by atoms with Gasteiger partial charge in [0.1, 0.15) is 25.4 Å². The fourth-order valence-corrected chi connectivity index (χ4v) is 27.3. The molecule has 13 rings (SSSR count). The van der Waals surface area contributed by atoms with Crippen molar-refractivity contribution in [2.75, 3.05) is 94.0 Å². The van der Waals surface area contributed by atoms with Crippen molar-refractivity contribution in [3.8, 4) is 18.2 Å². The molecule has 0 aromatic rings. The standard InChI is InChI=1S/C123H179N11O10/c1-85-19-45-107(46-20-85)143-118(135)98-57-86(2)58-114(69-98)144-119(136)99-67-112(141-83-96-63-108(137-53-49-131(15)103-37-29-87(30-38-103)21-25-91-59-95(47-48-124)77-120(3,4)73-91)70-109(64-96)138-54-50-132(16)104-39-31-88(32-40-104)22-26-92-60-100(115(81-125)127-11)78-121(5,6)74-92)72-113(68-99)142-84-97-65-110(139-55-51-133(17)105-41-33-89(34-42-105)23-27-93-61-101(116(82-126)128-12)79-122(7,8)75-93)71-111(66-97)140-56-52-134(18)106-43-35-90(36-44-106)24-28-94-62-102(117(129-13)130-14)80-123(9,10)76-94/h21-28,59-62,85-90,95-99,103-114H,19-20,29-47,49-58,63-80,83-84H2,1-10,15-18H3/b25-21+,26-22+,27-23+,28-24+,115-100-,116-101-. The van der Waals surface area contributed by atoms with Gasteiger partial charge in [-0.05, 0) is 388 Å². The van der Waals surface area contributed by atoms with E-state index in [-0.39, 0.29) is 117 Å². The summed E-state index contributed by atoms with van der Waals surface area (Å²) >= 11 is 0. The van der Waals surface area contributed by atoms with Crippen molar-refractivity contribution in [1.82, 2.24) is 19.6 Å². The maximum Gasteiger partial charge on any atom is 0.522 e. The van der Waals surface area contributed by atoms with Crippen molar-refractivity contribution in [2.45, 2.75) is 405 Å². The Morgan fingerprint density at radius 2 is 0.694 bits per heavy atom. The second-order valence-corrected chi connectivity index (χ2v) is 50.3. The van der Waals surface area contributed by atoms with E-state index in [1.54, 1.807) is 0 Å². The Labute approximate surface area is 868 Å². The lowest BCUT2D eigenvalue weighted by Gasteiger charge is -2.40. The number of hydrogen-bond acceptors (Lipinski definition) is 17. The van der Waals surface area contributed by atoms with E-state index in [0.717, 1.165) is 255 Å². The van der Waals surface area contributed by atoms with Crippen LogP contribution in [0.3, 0.4) is 0 Å². The van der Waals surface area contributed by atoms with Gasteiger partial charge in [-0.25, -0.2) is 20.2 Å². The molecule has 21 nitrogen and oxygen atoms in total. The molecule has 0 bridgehead atoms. The molecular weight excluding hydrogens is 1790 g/mol. The van der Waals surface area contributed by atoms with Crippen LogP contribution >= 0.6 is 0 Å². The first-order valence-electron chi connectivity index (χ1n) is 56.4. The SMILES string of the molecule is [C-]#[N+]C([N+]#[C-])=C1C=C(/C=C/C2CCC(N(C)CCOC3CC(COC4CC(OCC5CC(OCCN(C)C6CCC(/C=C/C7=CC(=C(\C#N)[N+]#[C-])/CC(C)(C)C7)CC6)CC(OCCN(C)C6CCC(/C=C/C7=CC(CC#N)CC(C)(C)C7)CC6)C5)CC(C(=O)OC5CC(C)CC(C(=O)OC6CCC(C)CC6)C5)C4)CC(OCCN(C)C4CCC(/C=C/C5=CC(=C(\C#N)[N+]#[C-])/CC(C)(C)C5)CC4)C3)CC2)CC(C)(C)C1. The van der Waals surface area contributed by atoms with Crippen LogP contribution in [0.25, 0.3) is 19.4 Å². The van der Waals surface area contributed by atoms with Crippen LogP contribution in [0.15, 0.2) is 129 Å². The molecule has 9 fully saturated rings. The van der Waals surface area contributed by atoms with E-state index < -0.39 is 12.0 Å². The second kappa shape index (κ2) is 54.5.